The summed E-state index contributed by atoms with van der Waals surface area (Å²) in [7, 11) is 0. The van der Waals surface area contributed by atoms with Crippen molar-refractivity contribution in [3.63, 3.8) is 0 Å². The van der Waals surface area contributed by atoms with Gasteiger partial charge < -0.3 is 9.42 Å². The van der Waals surface area contributed by atoms with Gasteiger partial charge in [-0.25, -0.2) is 4.39 Å². The van der Waals surface area contributed by atoms with Gasteiger partial charge in [0.1, 0.15) is 5.82 Å². The maximum absolute atomic E-state index is 13.4. The summed E-state index contributed by atoms with van der Waals surface area (Å²) in [5.74, 6) is 0.473. The Hall–Kier alpha value is -3.02. The van der Waals surface area contributed by atoms with Crippen LogP contribution >= 0.6 is 0 Å². The predicted molar refractivity (Wildman–Crippen MR) is 100 cm³/mol. The van der Waals surface area contributed by atoms with Gasteiger partial charge in [-0.05, 0) is 61.7 Å². The molecule has 1 aliphatic rings. The number of halogens is 1. The molecule has 27 heavy (non-hydrogen) atoms. The number of aryl methyl sites for hydroxylation is 3. The Morgan fingerprint density at radius 3 is 2.63 bits per heavy atom. The molecule has 0 N–H and O–H groups in total. The molecule has 0 saturated carbocycles. The number of aromatic nitrogens is 2. The van der Waals surface area contributed by atoms with Gasteiger partial charge in [0.25, 0.3) is 0 Å². The van der Waals surface area contributed by atoms with E-state index >= 15 is 0 Å². The largest absolute Gasteiger partial charge is 0.339 e. The molecule has 3 aromatic rings. The molecule has 0 bridgehead atoms. The van der Waals surface area contributed by atoms with Gasteiger partial charge in [-0.2, -0.15) is 4.98 Å². The Bertz CT molecular complexity index is 1030. The maximum atomic E-state index is 13.4. The van der Waals surface area contributed by atoms with Crippen molar-refractivity contribution in [2.24, 2.45) is 0 Å². The van der Waals surface area contributed by atoms with Crippen molar-refractivity contribution in [1.29, 1.82) is 0 Å². The van der Waals surface area contributed by atoms with Crippen molar-refractivity contribution in [2.45, 2.75) is 33.1 Å². The third-order valence-corrected chi connectivity index (χ3v) is 5.13. The highest BCUT2D eigenvalue weighted by Gasteiger charge is 2.35. The molecule has 1 amide bonds. The van der Waals surface area contributed by atoms with Crippen LogP contribution in [0.5, 0.6) is 0 Å². The average Bonchev–Trinajstić information content (AvgIpc) is 3.25. The van der Waals surface area contributed by atoms with Crippen LogP contribution in [0.3, 0.4) is 0 Å². The molecular weight excluding hydrogens is 345 g/mol. The molecule has 0 radical (unpaired) electrons. The minimum Gasteiger partial charge on any atom is -0.339 e. The second kappa shape index (κ2) is 6.61. The summed E-state index contributed by atoms with van der Waals surface area (Å²) >= 11 is 0. The molecule has 1 fully saturated rings. The van der Waals surface area contributed by atoms with Gasteiger partial charge in [-0.3, -0.25) is 4.79 Å². The van der Waals surface area contributed by atoms with Crippen LogP contribution in [0.15, 0.2) is 40.9 Å². The van der Waals surface area contributed by atoms with Gasteiger partial charge in [0.15, 0.2) is 0 Å². The third kappa shape index (κ3) is 3.23. The molecular formula is C21H20FN3O2. The van der Waals surface area contributed by atoms with Gasteiger partial charge in [0.05, 0.1) is 5.92 Å². The molecule has 1 saturated heterocycles. The molecule has 0 spiro atoms. The number of anilines is 1. The second-order valence-corrected chi connectivity index (χ2v) is 7.09. The molecule has 5 nitrogen and oxygen atoms in total. The van der Waals surface area contributed by atoms with Gasteiger partial charge in [-0.1, -0.05) is 17.3 Å². The number of hydrogen-bond acceptors (Lipinski definition) is 4. The van der Waals surface area contributed by atoms with Crippen LogP contribution in [0.4, 0.5) is 10.1 Å². The van der Waals surface area contributed by atoms with Gasteiger partial charge in [0, 0.05) is 24.2 Å². The molecule has 1 atom stereocenters. The zero-order chi connectivity index (χ0) is 19.1. The number of benzene rings is 2. The summed E-state index contributed by atoms with van der Waals surface area (Å²) in [5, 5.41) is 4.09. The fourth-order valence-corrected chi connectivity index (χ4v) is 3.43. The van der Waals surface area contributed by atoms with E-state index in [2.05, 4.69) is 17.1 Å². The Morgan fingerprint density at radius 1 is 1.07 bits per heavy atom. The normalized spacial score (nSPS) is 17.0. The standard InChI is InChI=1S/C21H20FN3O2/c1-12-4-5-15(8-13(12)2)20-23-21(27-24-20)16-10-19(26)25(11-16)18-7-6-17(22)9-14(18)3/h4-9,16H,10-11H2,1-3H3. The average molecular weight is 365 g/mol. The topological polar surface area (TPSA) is 59.2 Å². The lowest BCUT2D eigenvalue weighted by Crippen LogP contribution is -2.25. The predicted octanol–water partition coefficient (Wildman–Crippen LogP) is 4.32. The minimum atomic E-state index is -0.311. The number of amides is 1. The first-order valence-electron chi connectivity index (χ1n) is 8.90. The SMILES string of the molecule is Cc1ccc(-c2noc(C3CC(=O)N(c4ccc(F)cc4C)C3)n2)cc1C. The van der Waals surface area contributed by atoms with Crippen molar-refractivity contribution < 1.29 is 13.7 Å². The molecule has 1 aromatic heterocycles. The van der Waals surface area contributed by atoms with E-state index in [1.165, 1.54) is 17.7 Å². The molecule has 4 rings (SSSR count). The van der Waals surface area contributed by atoms with Gasteiger partial charge >= 0.3 is 0 Å². The lowest BCUT2D eigenvalue weighted by atomic mass is 10.1. The van der Waals surface area contributed by atoms with Crippen molar-refractivity contribution in [2.75, 3.05) is 11.4 Å². The van der Waals surface area contributed by atoms with E-state index in [4.69, 9.17) is 4.52 Å². The number of nitrogens with zero attached hydrogens (tertiary/aromatic N) is 3. The second-order valence-electron chi connectivity index (χ2n) is 7.09. The molecule has 2 heterocycles. The fraction of sp³-hybridized carbons (Fsp3) is 0.286. The summed E-state index contributed by atoms with van der Waals surface area (Å²) in [6.45, 7) is 6.33. The summed E-state index contributed by atoms with van der Waals surface area (Å²) < 4.78 is 18.8. The lowest BCUT2D eigenvalue weighted by molar-refractivity contribution is -0.117. The lowest BCUT2D eigenvalue weighted by Gasteiger charge is -2.18. The fourth-order valence-electron chi connectivity index (χ4n) is 3.43. The Balaban J connectivity index is 1.57. The molecule has 138 valence electrons. The van der Waals surface area contributed by atoms with Crippen LogP contribution in [0.2, 0.25) is 0 Å². The number of carbonyl (C=O) groups is 1. The van der Waals surface area contributed by atoms with Gasteiger partial charge in [0.2, 0.25) is 17.6 Å². The Labute approximate surface area is 156 Å². The summed E-state index contributed by atoms with van der Waals surface area (Å²) in [4.78, 5) is 18.7. The molecule has 0 aliphatic carbocycles. The molecule has 2 aromatic carbocycles. The molecule has 6 heteroatoms. The highest BCUT2D eigenvalue weighted by atomic mass is 19.1. The molecule has 1 aliphatic heterocycles. The smallest absolute Gasteiger partial charge is 0.232 e. The summed E-state index contributed by atoms with van der Waals surface area (Å²) in [5.41, 5.74) is 4.70. The van der Waals surface area contributed by atoms with Crippen LogP contribution < -0.4 is 4.90 Å². The zero-order valence-electron chi connectivity index (χ0n) is 15.5. The van der Waals surface area contributed by atoms with Crippen LogP contribution in [0.25, 0.3) is 11.4 Å². The zero-order valence-corrected chi connectivity index (χ0v) is 15.5. The van der Waals surface area contributed by atoms with Crippen molar-refractivity contribution >= 4 is 11.6 Å². The Morgan fingerprint density at radius 2 is 1.89 bits per heavy atom. The van der Waals surface area contributed by atoms with Crippen LogP contribution in [-0.4, -0.2) is 22.6 Å². The Kier molecular flexibility index (Phi) is 4.26. The van der Waals surface area contributed by atoms with E-state index < -0.39 is 0 Å². The van der Waals surface area contributed by atoms with Crippen LogP contribution in [0.1, 0.15) is 34.9 Å². The third-order valence-electron chi connectivity index (χ3n) is 5.13. The van der Waals surface area contributed by atoms with E-state index in [-0.39, 0.29) is 17.6 Å². The van der Waals surface area contributed by atoms with E-state index in [0.717, 1.165) is 22.4 Å². The van der Waals surface area contributed by atoms with E-state index in [1.807, 2.05) is 25.1 Å². The van der Waals surface area contributed by atoms with Gasteiger partial charge in [-0.15, -0.1) is 0 Å². The minimum absolute atomic E-state index is 0.0272. The van der Waals surface area contributed by atoms with Crippen molar-refractivity contribution in [3.05, 3.63) is 64.8 Å². The first kappa shape index (κ1) is 17.4. The molecule has 1 unspecified atom stereocenters. The monoisotopic (exact) mass is 365 g/mol. The van der Waals surface area contributed by atoms with E-state index in [9.17, 15) is 9.18 Å². The first-order valence-corrected chi connectivity index (χ1v) is 8.90. The van der Waals surface area contributed by atoms with E-state index in [1.54, 1.807) is 17.9 Å². The summed E-state index contributed by atoms with van der Waals surface area (Å²) in [6, 6.07) is 10.5. The van der Waals surface area contributed by atoms with Crippen LogP contribution in [0, 0.1) is 26.6 Å². The first-order chi connectivity index (χ1) is 12.9. The van der Waals surface area contributed by atoms with Crippen LogP contribution in [-0.2, 0) is 4.79 Å². The summed E-state index contributed by atoms with van der Waals surface area (Å²) in [6.07, 6.45) is 0.297. The highest BCUT2D eigenvalue weighted by Crippen LogP contribution is 2.33. The quantitative estimate of drug-likeness (QED) is 0.693. The maximum Gasteiger partial charge on any atom is 0.232 e. The van der Waals surface area contributed by atoms with Crippen molar-refractivity contribution in [1.82, 2.24) is 10.1 Å². The van der Waals surface area contributed by atoms with Crippen molar-refractivity contribution in [3.8, 4) is 11.4 Å². The highest BCUT2D eigenvalue weighted by molar-refractivity contribution is 5.97. The number of rotatable bonds is 3. The number of carbonyl (C=O) groups excluding carboxylic acids is 1. The van der Waals surface area contributed by atoms with E-state index in [0.29, 0.717) is 24.7 Å². The number of hydrogen-bond donors (Lipinski definition) is 0.